The molecule has 2 aromatic carbocycles. The molecule has 3 heteroatoms. The Morgan fingerprint density at radius 3 is 2.61 bits per heavy atom. The lowest BCUT2D eigenvalue weighted by Gasteiger charge is -2.35. The van der Waals surface area contributed by atoms with Crippen molar-refractivity contribution in [3.05, 3.63) is 71.3 Å². The third kappa shape index (κ3) is 2.82. The van der Waals surface area contributed by atoms with E-state index in [-0.39, 0.29) is 11.2 Å². The Labute approximate surface area is 145 Å². The van der Waals surface area contributed by atoms with E-state index in [4.69, 9.17) is 0 Å². The van der Waals surface area contributed by atoms with Crippen molar-refractivity contribution in [3.8, 4) is 6.07 Å². The van der Waals surface area contributed by atoms with Crippen LogP contribution in [0.4, 0.5) is 0 Å². The summed E-state index contributed by atoms with van der Waals surface area (Å²) in [5.74, 6) is 0.989. The molecule has 1 nitrogen and oxygen atoms in total. The van der Waals surface area contributed by atoms with E-state index >= 15 is 0 Å². The smallest absolute Gasteiger partial charge is 0.0717 e. The Morgan fingerprint density at radius 1 is 1.00 bits per heavy atom. The van der Waals surface area contributed by atoms with Crippen LogP contribution in [0.2, 0.25) is 0 Å². The first-order valence-electron chi connectivity index (χ1n) is 7.92. The van der Waals surface area contributed by atoms with Crippen molar-refractivity contribution < 1.29 is 0 Å². The fraction of sp³-hybridized carbons (Fsp3) is 0.250. The third-order valence-electron chi connectivity index (χ3n) is 4.51. The van der Waals surface area contributed by atoms with E-state index in [0.717, 1.165) is 18.6 Å². The zero-order chi connectivity index (χ0) is 15.6. The summed E-state index contributed by atoms with van der Waals surface area (Å²) in [6, 6.07) is 21.8. The summed E-state index contributed by atoms with van der Waals surface area (Å²) < 4.78 is 0. The molecule has 1 aliphatic heterocycles. The van der Waals surface area contributed by atoms with Gasteiger partial charge in [0.05, 0.1) is 12.0 Å². The molecule has 23 heavy (non-hydrogen) atoms. The number of nitrogens with zero attached hydrogens (tertiary/aromatic N) is 1. The molecule has 0 saturated heterocycles. The molecule has 0 amide bonds. The molecule has 0 radical (unpaired) electrons. The van der Waals surface area contributed by atoms with Gasteiger partial charge < -0.3 is 0 Å². The minimum atomic E-state index is 0.0919. The lowest BCUT2D eigenvalue weighted by molar-refractivity contribution is 0.717. The lowest BCUT2D eigenvalue weighted by Crippen LogP contribution is -2.27. The lowest BCUT2D eigenvalue weighted by atomic mass is 9.87. The van der Waals surface area contributed by atoms with Gasteiger partial charge in [-0.2, -0.15) is 5.26 Å². The number of benzene rings is 2. The minimum Gasteiger partial charge on any atom is -0.198 e. The van der Waals surface area contributed by atoms with Gasteiger partial charge in [0.25, 0.3) is 0 Å². The molecule has 0 N–H and O–H groups in total. The fourth-order valence-electron chi connectivity index (χ4n) is 3.36. The number of aryl methyl sites for hydroxylation is 1. The van der Waals surface area contributed by atoms with Crippen molar-refractivity contribution >= 4 is 28.4 Å². The molecule has 4 rings (SSSR count). The SMILES string of the molecule is N#CC1CSC2=C(CCc3ccccc32)C1Sc1ccccc1. The summed E-state index contributed by atoms with van der Waals surface area (Å²) in [7, 11) is 0. The summed E-state index contributed by atoms with van der Waals surface area (Å²) in [5, 5.41) is 9.91. The number of rotatable bonds is 2. The Morgan fingerprint density at radius 2 is 1.78 bits per heavy atom. The number of fused-ring (bicyclic) bond motifs is 2. The maximum absolute atomic E-state index is 9.63. The average molecular weight is 335 g/mol. The molecule has 2 unspecified atom stereocenters. The monoisotopic (exact) mass is 335 g/mol. The van der Waals surface area contributed by atoms with E-state index < -0.39 is 0 Å². The topological polar surface area (TPSA) is 23.8 Å². The van der Waals surface area contributed by atoms with Crippen LogP contribution in [0.15, 0.2) is 65.1 Å². The van der Waals surface area contributed by atoms with Crippen LogP contribution < -0.4 is 0 Å². The molecular formula is C20H17NS2. The molecule has 114 valence electrons. The van der Waals surface area contributed by atoms with E-state index in [1.165, 1.54) is 26.5 Å². The fourth-order valence-corrected chi connectivity index (χ4v) is 6.25. The van der Waals surface area contributed by atoms with Gasteiger partial charge in [-0.25, -0.2) is 0 Å². The summed E-state index contributed by atoms with van der Waals surface area (Å²) in [6.07, 6.45) is 2.18. The second-order valence-corrected chi connectivity index (χ2v) is 8.15. The van der Waals surface area contributed by atoms with Crippen LogP contribution in [0.5, 0.6) is 0 Å². The van der Waals surface area contributed by atoms with Crippen molar-refractivity contribution in [3.63, 3.8) is 0 Å². The van der Waals surface area contributed by atoms with Crippen LogP contribution in [0.3, 0.4) is 0 Å². The van der Waals surface area contributed by atoms with Gasteiger partial charge in [-0.1, -0.05) is 42.5 Å². The van der Waals surface area contributed by atoms with E-state index in [0.29, 0.717) is 0 Å². The van der Waals surface area contributed by atoms with Gasteiger partial charge in [0.1, 0.15) is 0 Å². The number of hydrogen-bond acceptors (Lipinski definition) is 3. The van der Waals surface area contributed by atoms with Gasteiger partial charge in [-0.05, 0) is 41.7 Å². The number of thioether (sulfide) groups is 2. The van der Waals surface area contributed by atoms with Crippen molar-refractivity contribution in [1.29, 1.82) is 5.26 Å². The van der Waals surface area contributed by atoms with Gasteiger partial charge in [0.2, 0.25) is 0 Å². The second kappa shape index (κ2) is 6.47. The molecule has 2 atom stereocenters. The standard InChI is InChI=1S/C20H17NS2/c21-12-15-13-22-20-17-9-5-4-6-14(17)10-11-18(20)19(15)23-16-7-2-1-3-8-16/h1-9,15,19H,10-11,13H2. The zero-order valence-corrected chi connectivity index (χ0v) is 14.4. The van der Waals surface area contributed by atoms with Crippen molar-refractivity contribution in [2.75, 3.05) is 5.75 Å². The Bertz CT molecular complexity index is 789. The second-order valence-electron chi connectivity index (χ2n) is 5.91. The highest BCUT2D eigenvalue weighted by Gasteiger charge is 2.35. The first kappa shape index (κ1) is 14.9. The molecule has 0 spiro atoms. The highest BCUT2D eigenvalue weighted by atomic mass is 32.2. The predicted octanol–water partition coefficient (Wildman–Crippen LogP) is 5.39. The Kier molecular flexibility index (Phi) is 4.20. The average Bonchev–Trinajstić information content (AvgIpc) is 2.62. The summed E-state index contributed by atoms with van der Waals surface area (Å²) in [4.78, 5) is 2.70. The van der Waals surface area contributed by atoms with E-state index in [2.05, 4.69) is 54.6 Å². The van der Waals surface area contributed by atoms with Crippen LogP contribution in [0.1, 0.15) is 17.5 Å². The summed E-state index contributed by atoms with van der Waals surface area (Å²) >= 11 is 3.74. The normalized spacial score (nSPS) is 22.9. The van der Waals surface area contributed by atoms with Crippen LogP contribution in [0, 0.1) is 17.2 Å². The van der Waals surface area contributed by atoms with E-state index in [1.54, 1.807) is 0 Å². The Hall–Kier alpha value is -1.63. The first-order valence-corrected chi connectivity index (χ1v) is 9.79. The molecule has 0 saturated carbocycles. The van der Waals surface area contributed by atoms with Crippen molar-refractivity contribution in [1.82, 2.24) is 0 Å². The highest BCUT2D eigenvalue weighted by molar-refractivity contribution is 8.08. The summed E-state index contributed by atoms with van der Waals surface area (Å²) in [5.41, 5.74) is 4.34. The third-order valence-corrected chi connectivity index (χ3v) is 7.21. The molecular weight excluding hydrogens is 318 g/mol. The summed E-state index contributed by atoms with van der Waals surface area (Å²) in [6.45, 7) is 0. The first-order chi connectivity index (χ1) is 11.4. The number of nitriles is 1. The van der Waals surface area contributed by atoms with E-state index in [9.17, 15) is 5.26 Å². The molecule has 0 fully saturated rings. The van der Waals surface area contributed by atoms with Crippen molar-refractivity contribution in [2.24, 2.45) is 5.92 Å². The molecule has 1 heterocycles. The van der Waals surface area contributed by atoms with Gasteiger partial charge in [0, 0.05) is 20.8 Å². The zero-order valence-electron chi connectivity index (χ0n) is 12.7. The van der Waals surface area contributed by atoms with Gasteiger partial charge in [-0.3, -0.25) is 0 Å². The maximum atomic E-state index is 9.63. The largest absolute Gasteiger partial charge is 0.198 e. The maximum Gasteiger partial charge on any atom is 0.0717 e. The quantitative estimate of drug-likeness (QED) is 0.735. The number of hydrogen-bond donors (Lipinski definition) is 0. The van der Waals surface area contributed by atoms with Gasteiger partial charge >= 0.3 is 0 Å². The van der Waals surface area contributed by atoms with Crippen molar-refractivity contribution in [2.45, 2.75) is 23.0 Å². The highest BCUT2D eigenvalue weighted by Crippen LogP contribution is 2.50. The van der Waals surface area contributed by atoms with Crippen LogP contribution in [0.25, 0.3) is 4.91 Å². The molecule has 2 aromatic rings. The Balaban J connectivity index is 1.75. The molecule has 1 aliphatic carbocycles. The predicted molar refractivity (Wildman–Crippen MR) is 99.3 cm³/mol. The van der Waals surface area contributed by atoms with Crippen LogP contribution in [-0.2, 0) is 6.42 Å². The molecule has 0 aromatic heterocycles. The minimum absolute atomic E-state index is 0.0919. The van der Waals surface area contributed by atoms with Crippen LogP contribution in [-0.4, -0.2) is 11.0 Å². The van der Waals surface area contributed by atoms with Crippen LogP contribution >= 0.6 is 23.5 Å². The molecule has 2 aliphatic rings. The van der Waals surface area contributed by atoms with Gasteiger partial charge in [-0.15, -0.1) is 23.5 Å². The molecule has 0 bridgehead atoms. The van der Waals surface area contributed by atoms with E-state index in [1.807, 2.05) is 29.6 Å². The van der Waals surface area contributed by atoms with Gasteiger partial charge in [0.15, 0.2) is 0 Å².